The molecule has 3 heterocycles. The first kappa shape index (κ1) is 18.9. The summed E-state index contributed by atoms with van der Waals surface area (Å²) in [6.07, 6.45) is 6.09. The second-order valence-electron chi connectivity index (χ2n) is 8.68. The second-order valence-corrected chi connectivity index (χ2v) is 8.68. The third kappa shape index (κ3) is 3.28. The van der Waals surface area contributed by atoms with E-state index in [1.54, 1.807) is 0 Å². The van der Waals surface area contributed by atoms with Crippen LogP contribution in [0.4, 0.5) is 0 Å². The number of piperidine rings is 1. The summed E-state index contributed by atoms with van der Waals surface area (Å²) in [6.45, 7) is 5.41. The van der Waals surface area contributed by atoms with Crippen LogP contribution in [0.5, 0.6) is 0 Å². The number of rotatable bonds is 2. The number of pyridine rings is 1. The summed E-state index contributed by atoms with van der Waals surface area (Å²) in [5.41, 5.74) is 5.87. The minimum Gasteiger partial charge on any atom is -0.338 e. The molecule has 1 saturated heterocycles. The highest BCUT2D eigenvalue weighted by atomic mass is 16.2. The molecule has 1 aliphatic heterocycles. The van der Waals surface area contributed by atoms with Crippen LogP contribution in [0.3, 0.4) is 0 Å². The van der Waals surface area contributed by atoms with Crippen molar-refractivity contribution in [3.8, 4) is 11.4 Å². The Hall–Kier alpha value is -3.08. The van der Waals surface area contributed by atoms with Crippen LogP contribution in [0, 0.1) is 13.8 Å². The SMILES string of the molecule is Cc1cc(C(=O)N2CCCC3(CCc4cnc(-c5ccccc5)nc43)C2)cc(C)n1. The number of fused-ring (bicyclic) bond motifs is 2. The maximum Gasteiger partial charge on any atom is 0.254 e. The fourth-order valence-electron chi connectivity index (χ4n) is 5.11. The Morgan fingerprint density at radius 2 is 1.80 bits per heavy atom. The summed E-state index contributed by atoms with van der Waals surface area (Å²) in [6, 6.07) is 13.9. The van der Waals surface area contributed by atoms with Gasteiger partial charge in [0.2, 0.25) is 0 Å². The van der Waals surface area contributed by atoms with Crippen molar-refractivity contribution in [3.05, 3.63) is 76.9 Å². The molecule has 5 nitrogen and oxygen atoms in total. The molecule has 2 aliphatic rings. The van der Waals surface area contributed by atoms with E-state index in [0.717, 1.165) is 72.8 Å². The Bertz CT molecular complexity index is 1090. The van der Waals surface area contributed by atoms with Crippen molar-refractivity contribution < 1.29 is 4.79 Å². The molecule has 1 aromatic carbocycles. The van der Waals surface area contributed by atoms with Gasteiger partial charge in [0, 0.05) is 47.2 Å². The van der Waals surface area contributed by atoms with Crippen LogP contribution in [0.2, 0.25) is 0 Å². The van der Waals surface area contributed by atoms with Gasteiger partial charge in [0.1, 0.15) is 0 Å². The quantitative estimate of drug-likeness (QED) is 0.647. The largest absolute Gasteiger partial charge is 0.338 e. The Labute approximate surface area is 177 Å². The first-order chi connectivity index (χ1) is 14.5. The summed E-state index contributed by atoms with van der Waals surface area (Å²) < 4.78 is 0. The average molecular weight is 399 g/mol. The van der Waals surface area contributed by atoms with E-state index in [9.17, 15) is 4.79 Å². The van der Waals surface area contributed by atoms with Gasteiger partial charge in [0.05, 0.1) is 5.69 Å². The standard InChI is InChI=1S/C25H26N4O/c1-17-13-21(14-18(2)27-17)24(30)29-12-6-10-25(16-29)11-9-20-15-26-23(28-22(20)25)19-7-4-3-5-8-19/h3-5,7-8,13-15H,6,9-12,16H2,1-2H3. The molecule has 1 aliphatic carbocycles. The number of amides is 1. The highest BCUT2D eigenvalue weighted by Gasteiger charge is 2.44. The first-order valence-electron chi connectivity index (χ1n) is 10.7. The third-order valence-corrected chi connectivity index (χ3v) is 6.46. The van der Waals surface area contributed by atoms with Crippen molar-refractivity contribution in [2.24, 2.45) is 0 Å². The number of benzene rings is 1. The number of aryl methyl sites for hydroxylation is 3. The molecular weight excluding hydrogens is 372 g/mol. The average Bonchev–Trinajstić information content (AvgIpc) is 3.10. The molecule has 0 bridgehead atoms. The van der Waals surface area contributed by atoms with Crippen LogP contribution in [0.15, 0.2) is 48.7 Å². The first-order valence-corrected chi connectivity index (χ1v) is 10.7. The van der Waals surface area contributed by atoms with Gasteiger partial charge in [0.15, 0.2) is 5.82 Å². The number of aromatic nitrogens is 3. The van der Waals surface area contributed by atoms with Gasteiger partial charge in [0.25, 0.3) is 5.91 Å². The molecule has 0 saturated carbocycles. The van der Waals surface area contributed by atoms with E-state index in [2.05, 4.69) is 9.97 Å². The van der Waals surface area contributed by atoms with Crippen molar-refractivity contribution >= 4 is 5.91 Å². The molecular formula is C25H26N4O. The van der Waals surface area contributed by atoms with E-state index >= 15 is 0 Å². The number of hydrogen-bond acceptors (Lipinski definition) is 4. The maximum absolute atomic E-state index is 13.3. The van der Waals surface area contributed by atoms with Gasteiger partial charge < -0.3 is 4.90 Å². The molecule has 30 heavy (non-hydrogen) atoms. The van der Waals surface area contributed by atoms with Crippen LogP contribution in [0.25, 0.3) is 11.4 Å². The van der Waals surface area contributed by atoms with Gasteiger partial charge in [-0.15, -0.1) is 0 Å². The van der Waals surface area contributed by atoms with Crippen molar-refractivity contribution in [3.63, 3.8) is 0 Å². The minimum absolute atomic E-state index is 0.0627. The van der Waals surface area contributed by atoms with Crippen LogP contribution < -0.4 is 0 Å². The summed E-state index contributed by atoms with van der Waals surface area (Å²) in [7, 11) is 0. The van der Waals surface area contributed by atoms with Gasteiger partial charge in [-0.2, -0.15) is 0 Å². The smallest absolute Gasteiger partial charge is 0.254 e. The van der Waals surface area contributed by atoms with Crippen LogP contribution in [-0.2, 0) is 11.8 Å². The number of likely N-dealkylation sites (tertiary alicyclic amines) is 1. The Morgan fingerprint density at radius 3 is 2.57 bits per heavy atom. The summed E-state index contributed by atoms with van der Waals surface area (Å²) in [5, 5.41) is 0. The van der Waals surface area contributed by atoms with Gasteiger partial charge in [-0.05, 0) is 57.2 Å². The number of nitrogens with zero attached hydrogens (tertiary/aromatic N) is 4. The predicted octanol–water partition coefficient (Wildman–Crippen LogP) is 4.28. The van der Waals surface area contributed by atoms with E-state index in [4.69, 9.17) is 4.98 Å². The highest BCUT2D eigenvalue weighted by molar-refractivity contribution is 5.94. The minimum atomic E-state index is -0.0627. The Kier molecular flexibility index (Phi) is 4.61. The fraction of sp³-hybridized carbons (Fsp3) is 0.360. The van der Waals surface area contributed by atoms with Gasteiger partial charge in [-0.3, -0.25) is 9.78 Å². The monoisotopic (exact) mass is 398 g/mol. The lowest BCUT2D eigenvalue weighted by molar-refractivity contribution is 0.0633. The lowest BCUT2D eigenvalue weighted by atomic mass is 9.77. The molecule has 2 aromatic heterocycles. The molecule has 1 fully saturated rings. The van der Waals surface area contributed by atoms with Crippen molar-refractivity contribution in [2.75, 3.05) is 13.1 Å². The van der Waals surface area contributed by atoms with Crippen molar-refractivity contribution in [1.82, 2.24) is 19.9 Å². The molecule has 1 atom stereocenters. The molecule has 5 heteroatoms. The van der Waals surface area contributed by atoms with Crippen LogP contribution >= 0.6 is 0 Å². The lowest BCUT2D eigenvalue weighted by Gasteiger charge is -2.40. The number of carbonyl (C=O) groups excluding carboxylic acids is 1. The van der Waals surface area contributed by atoms with Gasteiger partial charge >= 0.3 is 0 Å². The Balaban J connectivity index is 1.47. The molecule has 5 rings (SSSR count). The predicted molar refractivity (Wildman–Crippen MR) is 116 cm³/mol. The van der Waals surface area contributed by atoms with Gasteiger partial charge in [-0.1, -0.05) is 30.3 Å². The number of carbonyl (C=O) groups is 1. The summed E-state index contributed by atoms with van der Waals surface area (Å²) in [4.78, 5) is 29.4. The maximum atomic E-state index is 13.3. The van der Waals surface area contributed by atoms with Crippen molar-refractivity contribution in [1.29, 1.82) is 0 Å². The molecule has 0 N–H and O–H groups in total. The van der Waals surface area contributed by atoms with Crippen LogP contribution in [0.1, 0.15) is 52.3 Å². The lowest BCUT2D eigenvalue weighted by Crippen LogP contribution is -2.48. The van der Waals surface area contributed by atoms with E-state index < -0.39 is 0 Å². The molecule has 3 aromatic rings. The number of hydrogen-bond donors (Lipinski definition) is 0. The molecule has 0 radical (unpaired) electrons. The zero-order chi connectivity index (χ0) is 20.7. The van der Waals surface area contributed by atoms with Crippen LogP contribution in [-0.4, -0.2) is 38.8 Å². The van der Waals surface area contributed by atoms with E-state index in [0.29, 0.717) is 0 Å². The van der Waals surface area contributed by atoms with E-state index in [1.165, 1.54) is 5.56 Å². The molecule has 1 unspecified atom stereocenters. The fourth-order valence-corrected chi connectivity index (χ4v) is 5.11. The third-order valence-electron chi connectivity index (χ3n) is 6.46. The molecule has 152 valence electrons. The highest BCUT2D eigenvalue weighted by Crippen LogP contribution is 2.44. The zero-order valence-corrected chi connectivity index (χ0v) is 17.6. The van der Waals surface area contributed by atoms with Gasteiger partial charge in [-0.25, -0.2) is 9.97 Å². The van der Waals surface area contributed by atoms with Crippen molar-refractivity contribution in [2.45, 2.75) is 44.9 Å². The summed E-state index contributed by atoms with van der Waals surface area (Å²) in [5.74, 6) is 0.882. The Morgan fingerprint density at radius 1 is 1.03 bits per heavy atom. The summed E-state index contributed by atoms with van der Waals surface area (Å²) >= 11 is 0. The van der Waals surface area contributed by atoms with E-state index in [-0.39, 0.29) is 11.3 Å². The normalized spacial score (nSPS) is 20.4. The molecule has 1 amide bonds. The topological polar surface area (TPSA) is 59.0 Å². The van der Waals surface area contributed by atoms with E-state index in [1.807, 2.05) is 67.4 Å². The second kappa shape index (κ2) is 7.31. The zero-order valence-electron chi connectivity index (χ0n) is 17.6. The molecule has 1 spiro atoms.